The molecule has 162 valence electrons. The Kier molecular flexibility index (Phi) is 9.23. The molecule has 30 heavy (non-hydrogen) atoms. The van der Waals surface area contributed by atoms with Crippen molar-refractivity contribution in [1.29, 1.82) is 0 Å². The van der Waals surface area contributed by atoms with E-state index in [9.17, 15) is 13.2 Å². The first-order valence-corrected chi connectivity index (χ1v) is 11.8. The molecule has 1 unspecified atom stereocenters. The van der Waals surface area contributed by atoms with E-state index in [1.807, 2.05) is 31.2 Å². The molecule has 2 aromatic carbocycles. The number of carbonyl (C=O) groups excluding carboxylic acids is 1. The molecule has 0 aliphatic carbocycles. The minimum Gasteiger partial charge on any atom is -0.469 e. The Morgan fingerprint density at radius 1 is 1.13 bits per heavy atom. The van der Waals surface area contributed by atoms with Gasteiger partial charge >= 0.3 is 5.97 Å². The molecule has 0 saturated carbocycles. The highest BCUT2D eigenvalue weighted by molar-refractivity contribution is 7.89. The van der Waals surface area contributed by atoms with Crippen molar-refractivity contribution in [2.75, 3.05) is 12.4 Å². The van der Waals surface area contributed by atoms with Gasteiger partial charge in [-0.15, -0.1) is 0 Å². The van der Waals surface area contributed by atoms with E-state index in [2.05, 4.69) is 14.8 Å². The van der Waals surface area contributed by atoms with E-state index in [4.69, 9.17) is 23.8 Å². The maximum atomic E-state index is 12.7. The van der Waals surface area contributed by atoms with E-state index in [1.165, 1.54) is 31.4 Å². The van der Waals surface area contributed by atoms with Gasteiger partial charge in [0.15, 0.2) is 0 Å². The molecule has 0 spiro atoms. The number of methoxy groups -OCH3 is 1. The van der Waals surface area contributed by atoms with Gasteiger partial charge in [0.25, 0.3) is 0 Å². The van der Waals surface area contributed by atoms with Crippen LogP contribution in [0.15, 0.2) is 53.4 Å². The minimum atomic E-state index is -3.74. The maximum Gasteiger partial charge on any atom is 0.305 e. The SMILES string of the molecule is CCCC(NS(=O)(=O)c1ccc(Cl)cc1)C(=S)Nc1ccc(CCC(=O)OC)cc1. The van der Waals surface area contributed by atoms with E-state index in [-0.39, 0.29) is 10.9 Å². The van der Waals surface area contributed by atoms with Crippen molar-refractivity contribution in [1.82, 2.24) is 4.72 Å². The molecule has 2 rings (SSSR count). The van der Waals surface area contributed by atoms with Gasteiger partial charge in [0.2, 0.25) is 10.0 Å². The summed E-state index contributed by atoms with van der Waals surface area (Å²) in [5, 5.41) is 3.57. The standard InChI is InChI=1S/C21H25ClN2O4S2/c1-3-4-19(24-30(26,27)18-12-8-16(22)9-13-18)21(29)23-17-10-5-15(6-11-17)7-14-20(25)28-2/h5-6,8-13,19,24H,3-4,7,14H2,1-2H3,(H,23,29). The molecule has 0 bridgehead atoms. The first-order chi connectivity index (χ1) is 14.2. The van der Waals surface area contributed by atoms with Crippen molar-refractivity contribution in [3.63, 3.8) is 0 Å². The number of sulfonamides is 1. The molecule has 0 fully saturated rings. The van der Waals surface area contributed by atoms with E-state index in [0.717, 1.165) is 17.7 Å². The van der Waals surface area contributed by atoms with Crippen LogP contribution in [0, 0.1) is 0 Å². The molecule has 0 radical (unpaired) electrons. The van der Waals surface area contributed by atoms with Gasteiger partial charge in [0.05, 0.1) is 23.0 Å². The van der Waals surface area contributed by atoms with Crippen molar-refractivity contribution in [2.24, 2.45) is 0 Å². The lowest BCUT2D eigenvalue weighted by Gasteiger charge is -2.20. The van der Waals surface area contributed by atoms with E-state index >= 15 is 0 Å². The van der Waals surface area contributed by atoms with Crippen molar-refractivity contribution in [2.45, 2.75) is 43.5 Å². The molecule has 0 aliphatic heterocycles. The number of rotatable bonds is 10. The summed E-state index contributed by atoms with van der Waals surface area (Å²) < 4.78 is 32.7. The number of hydrogen-bond acceptors (Lipinski definition) is 5. The van der Waals surface area contributed by atoms with Gasteiger partial charge in [-0.1, -0.05) is 49.3 Å². The summed E-state index contributed by atoms with van der Waals surface area (Å²) in [6.07, 6.45) is 2.20. The fraction of sp³-hybridized carbons (Fsp3) is 0.333. The highest BCUT2D eigenvalue weighted by Crippen LogP contribution is 2.17. The number of halogens is 1. The Labute approximate surface area is 188 Å². The maximum absolute atomic E-state index is 12.7. The highest BCUT2D eigenvalue weighted by atomic mass is 35.5. The summed E-state index contributed by atoms with van der Waals surface area (Å²) >= 11 is 11.3. The highest BCUT2D eigenvalue weighted by Gasteiger charge is 2.23. The fourth-order valence-electron chi connectivity index (χ4n) is 2.73. The van der Waals surface area contributed by atoms with Crippen LogP contribution >= 0.6 is 23.8 Å². The van der Waals surface area contributed by atoms with Crippen LogP contribution in [0.3, 0.4) is 0 Å². The zero-order valence-electron chi connectivity index (χ0n) is 16.9. The predicted octanol–water partition coefficient (Wildman–Crippen LogP) is 4.33. The number of benzene rings is 2. The molecular formula is C21H25ClN2O4S2. The van der Waals surface area contributed by atoms with Crippen LogP contribution in [0.5, 0.6) is 0 Å². The normalized spacial score (nSPS) is 12.2. The minimum absolute atomic E-state index is 0.130. The van der Waals surface area contributed by atoms with Gasteiger partial charge < -0.3 is 10.1 Å². The van der Waals surface area contributed by atoms with Crippen LogP contribution in [0.4, 0.5) is 5.69 Å². The first kappa shape index (κ1) is 24.3. The van der Waals surface area contributed by atoms with Crippen molar-refractivity contribution in [3.8, 4) is 0 Å². The molecule has 2 N–H and O–H groups in total. The average Bonchev–Trinajstić information content (AvgIpc) is 2.72. The van der Waals surface area contributed by atoms with Gasteiger partial charge in [-0.2, -0.15) is 0 Å². The largest absolute Gasteiger partial charge is 0.469 e. The van der Waals surface area contributed by atoms with Crippen LogP contribution in [-0.4, -0.2) is 32.5 Å². The average molecular weight is 469 g/mol. The molecule has 0 aromatic heterocycles. The lowest BCUT2D eigenvalue weighted by Crippen LogP contribution is -2.42. The first-order valence-electron chi connectivity index (χ1n) is 9.49. The fourth-order valence-corrected chi connectivity index (χ4v) is 4.47. The second kappa shape index (κ2) is 11.4. The summed E-state index contributed by atoms with van der Waals surface area (Å²) in [6, 6.07) is 12.9. The van der Waals surface area contributed by atoms with E-state index < -0.39 is 16.1 Å². The lowest BCUT2D eigenvalue weighted by molar-refractivity contribution is -0.140. The molecule has 0 heterocycles. The zero-order valence-corrected chi connectivity index (χ0v) is 19.2. The van der Waals surface area contributed by atoms with E-state index in [0.29, 0.717) is 29.3 Å². The predicted molar refractivity (Wildman–Crippen MR) is 123 cm³/mol. The molecular weight excluding hydrogens is 444 g/mol. The van der Waals surface area contributed by atoms with Gasteiger partial charge in [-0.3, -0.25) is 4.79 Å². The molecule has 2 aromatic rings. The topological polar surface area (TPSA) is 84.5 Å². The third-order valence-electron chi connectivity index (χ3n) is 4.38. The summed E-state index contributed by atoms with van der Waals surface area (Å²) in [4.78, 5) is 11.8. The third kappa shape index (κ3) is 7.36. The van der Waals surface area contributed by atoms with Crippen LogP contribution < -0.4 is 10.0 Å². The summed E-state index contributed by atoms with van der Waals surface area (Å²) in [5.41, 5.74) is 1.74. The van der Waals surface area contributed by atoms with Gasteiger partial charge in [0.1, 0.15) is 0 Å². The Bertz CT molecular complexity index is 962. The Morgan fingerprint density at radius 3 is 2.33 bits per heavy atom. The van der Waals surface area contributed by atoms with Crippen LogP contribution in [-0.2, 0) is 26.0 Å². The van der Waals surface area contributed by atoms with Crippen molar-refractivity contribution >= 4 is 50.5 Å². The number of aryl methyl sites for hydroxylation is 1. The Morgan fingerprint density at radius 2 is 1.77 bits per heavy atom. The smallest absolute Gasteiger partial charge is 0.305 e. The second-order valence-electron chi connectivity index (χ2n) is 6.68. The monoisotopic (exact) mass is 468 g/mol. The van der Waals surface area contributed by atoms with Crippen LogP contribution in [0.25, 0.3) is 0 Å². The summed E-state index contributed by atoms with van der Waals surface area (Å²) in [6.45, 7) is 1.96. The molecule has 9 heteroatoms. The lowest BCUT2D eigenvalue weighted by atomic mass is 10.1. The van der Waals surface area contributed by atoms with Crippen molar-refractivity contribution < 1.29 is 17.9 Å². The quantitative estimate of drug-likeness (QED) is 0.398. The zero-order chi connectivity index (χ0) is 22.1. The number of thiocarbonyl (C=S) groups is 1. The molecule has 6 nitrogen and oxygen atoms in total. The number of ether oxygens (including phenoxy) is 1. The second-order valence-corrected chi connectivity index (χ2v) is 9.27. The molecule has 0 saturated heterocycles. The number of anilines is 1. The van der Waals surface area contributed by atoms with E-state index in [1.54, 1.807) is 0 Å². The van der Waals surface area contributed by atoms with Crippen LogP contribution in [0.1, 0.15) is 31.7 Å². The van der Waals surface area contributed by atoms with Gasteiger partial charge in [-0.25, -0.2) is 13.1 Å². The van der Waals surface area contributed by atoms with Gasteiger partial charge in [-0.05, 0) is 54.8 Å². The Hall–Kier alpha value is -2.00. The molecule has 0 aliphatic rings. The summed E-state index contributed by atoms with van der Waals surface area (Å²) in [5.74, 6) is -0.256. The molecule has 0 amide bonds. The number of hydrogen-bond donors (Lipinski definition) is 2. The van der Waals surface area contributed by atoms with Crippen molar-refractivity contribution in [3.05, 3.63) is 59.1 Å². The molecule has 1 atom stereocenters. The van der Waals surface area contributed by atoms with Gasteiger partial charge in [0, 0.05) is 17.1 Å². The number of nitrogens with one attached hydrogen (secondary N) is 2. The Balaban J connectivity index is 2.04. The third-order valence-corrected chi connectivity index (χ3v) is 6.51. The van der Waals surface area contributed by atoms with Crippen LogP contribution in [0.2, 0.25) is 5.02 Å². The number of esters is 1. The summed E-state index contributed by atoms with van der Waals surface area (Å²) in [7, 11) is -2.38. The number of carbonyl (C=O) groups is 1.